The average molecular weight is 314 g/mol. The summed E-state index contributed by atoms with van der Waals surface area (Å²) in [5.74, 6) is -0.274. The molecule has 4 nitrogen and oxygen atoms in total. The van der Waals surface area contributed by atoms with Crippen molar-refractivity contribution in [2.75, 3.05) is 7.11 Å². The van der Waals surface area contributed by atoms with E-state index in [1.807, 2.05) is 0 Å². The van der Waals surface area contributed by atoms with E-state index in [-0.39, 0.29) is 24.2 Å². The Bertz CT molecular complexity index is 636. The van der Waals surface area contributed by atoms with E-state index in [2.05, 4.69) is 0 Å². The van der Waals surface area contributed by atoms with Crippen molar-refractivity contribution in [2.24, 2.45) is 0 Å². The summed E-state index contributed by atoms with van der Waals surface area (Å²) in [6.07, 6.45) is 2.02. The molecule has 2 aliphatic heterocycles. The van der Waals surface area contributed by atoms with E-state index >= 15 is 0 Å². The van der Waals surface area contributed by atoms with Crippen LogP contribution in [-0.4, -0.2) is 31.1 Å². The van der Waals surface area contributed by atoms with E-state index in [9.17, 15) is 17.9 Å². The van der Waals surface area contributed by atoms with Crippen molar-refractivity contribution in [1.29, 1.82) is 0 Å². The van der Waals surface area contributed by atoms with Crippen molar-refractivity contribution >= 4 is 9.84 Å². The first-order valence-corrected chi connectivity index (χ1v) is 8.77. The highest BCUT2D eigenvalue weighted by Gasteiger charge is 2.52. The molecule has 6 heteroatoms. The Hall–Kier alpha value is -1.14. The minimum absolute atomic E-state index is 0.0448. The zero-order chi connectivity index (χ0) is 15.3. The molecule has 0 saturated carbocycles. The molecule has 2 fully saturated rings. The summed E-state index contributed by atoms with van der Waals surface area (Å²) in [6, 6.07) is 4.38. The lowest BCUT2D eigenvalue weighted by atomic mass is 9.80. The summed E-state index contributed by atoms with van der Waals surface area (Å²) in [5.41, 5.74) is -1.38. The van der Waals surface area contributed by atoms with Crippen molar-refractivity contribution in [2.45, 2.75) is 48.2 Å². The van der Waals surface area contributed by atoms with Crippen LogP contribution in [0.3, 0.4) is 0 Å². The minimum atomic E-state index is -3.20. The van der Waals surface area contributed by atoms with Crippen LogP contribution in [0.5, 0.6) is 5.75 Å². The molecule has 2 heterocycles. The van der Waals surface area contributed by atoms with Crippen LogP contribution < -0.4 is 4.74 Å². The molecule has 2 unspecified atom stereocenters. The number of halogens is 1. The fourth-order valence-electron chi connectivity index (χ4n) is 3.78. The predicted octanol–water partition coefficient (Wildman–Crippen LogP) is 2.15. The molecule has 2 bridgehead atoms. The fraction of sp³-hybridized carbons (Fsp3) is 0.600. The lowest BCUT2D eigenvalue weighted by molar-refractivity contribution is -0.000222. The zero-order valence-corrected chi connectivity index (χ0v) is 12.7. The largest absolute Gasteiger partial charge is 0.496 e. The van der Waals surface area contributed by atoms with E-state index in [1.165, 1.54) is 19.2 Å². The van der Waals surface area contributed by atoms with E-state index in [1.54, 1.807) is 6.07 Å². The number of fused-ring (bicyclic) bond motifs is 2. The maximum atomic E-state index is 14.2. The summed E-state index contributed by atoms with van der Waals surface area (Å²) in [5, 5.41) is 9.82. The SMILES string of the molecule is COc1cccc(F)c1C1(O)CC2CCCC(C1)S2(=O)=O. The molecule has 0 aromatic heterocycles. The molecule has 3 rings (SSSR count). The number of methoxy groups -OCH3 is 1. The number of aliphatic hydroxyl groups is 1. The quantitative estimate of drug-likeness (QED) is 0.908. The van der Waals surface area contributed by atoms with Gasteiger partial charge in [0.25, 0.3) is 0 Å². The molecule has 2 saturated heterocycles. The van der Waals surface area contributed by atoms with Gasteiger partial charge in [-0.15, -0.1) is 0 Å². The van der Waals surface area contributed by atoms with E-state index in [0.717, 1.165) is 6.42 Å². The third-order valence-corrected chi connectivity index (χ3v) is 7.44. The van der Waals surface area contributed by atoms with Gasteiger partial charge in [0.05, 0.1) is 28.8 Å². The lowest BCUT2D eigenvalue weighted by Crippen LogP contribution is -2.50. The van der Waals surface area contributed by atoms with Crippen molar-refractivity contribution in [3.05, 3.63) is 29.6 Å². The lowest BCUT2D eigenvalue weighted by Gasteiger charge is -2.44. The van der Waals surface area contributed by atoms with Gasteiger partial charge in [0, 0.05) is 0 Å². The molecule has 2 atom stereocenters. The van der Waals surface area contributed by atoms with Gasteiger partial charge >= 0.3 is 0 Å². The van der Waals surface area contributed by atoms with Gasteiger partial charge in [-0.25, -0.2) is 12.8 Å². The van der Waals surface area contributed by atoms with Crippen LogP contribution in [0.25, 0.3) is 0 Å². The maximum Gasteiger partial charge on any atom is 0.156 e. The molecular formula is C15H19FO4S. The number of ether oxygens (including phenoxy) is 1. The standard InChI is InChI=1S/C15H19FO4S/c1-20-13-7-3-6-12(16)14(13)15(17)8-10-4-2-5-11(9-15)21(10,18)19/h3,6-7,10-11,17H,2,4-5,8-9H2,1H3. The van der Waals surface area contributed by atoms with Crippen molar-refractivity contribution in [3.63, 3.8) is 0 Å². The van der Waals surface area contributed by atoms with Crippen LogP contribution in [0.15, 0.2) is 18.2 Å². The molecule has 21 heavy (non-hydrogen) atoms. The molecule has 2 aliphatic rings. The highest BCUT2D eigenvalue weighted by molar-refractivity contribution is 7.92. The van der Waals surface area contributed by atoms with Gasteiger partial charge in [-0.05, 0) is 37.8 Å². The third kappa shape index (κ3) is 2.25. The monoisotopic (exact) mass is 314 g/mol. The first kappa shape index (κ1) is 14.8. The van der Waals surface area contributed by atoms with Gasteiger partial charge in [-0.2, -0.15) is 0 Å². The first-order chi connectivity index (χ1) is 9.88. The van der Waals surface area contributed by atoms with Crippen molar-refractivity contribution in [3.8, 4) is 5.75 Å². The molecule has 0 amide bonds. The normalized spacial score (nSPS) is 34.4. The van der Waals surface area contributed by atoms with Crippen molar-refractivity contribution in [1.82, 2.24) is 0 Å². The summed E-state index contributed by atoms with van der Waals surface area (Å²) in [6.45, 7) is 0. The predicted molar refractivity (Wildman–Crippen MR) is 76.4 cm³/mol. The summed E-state index contributed by atoms with van der Waals surface area (Å²) in [7, 11) is -1.78. The van der Waals surface area contributed by atoms with E-state index in [0.29, 0.717) is 12.8 Å². The Kier molecular flexibility index (Phi) is 3.48. The topological polar surface area (TPSA) is 63.6 Å². The second-order valence-corrected chi connectivity index (χ2v) is 8.53. The minimum Gasteiger partial charge on any atom is -0.496 e. The Morgan fingerprint density at radius 3 is 2.48 bits per heavy atom. The number of rotatable bonds is 2. The highest BCUT2D eigenvalue weighted by atomic mass is 32.2. The zero-order valence-electron chi connectivity index (χ0n) is 11.9. The first-order valence-electron chi connectivity index (χ1n) is 7.16. The molecule has 0 spiro atoms. The number of sulfone groups is 1. The van der Waals surface area contributed by atoms with Crippen LogP contribution in [-0.2, 0) is 15.4 Å². The van der Waals surface area contributed by atoms with E-state index < -0.39 is 31.8 Å². The fourth-order valence-corrected chi connectivity index (χ4v) is 6.33. The second-order valence-electron chi connectivity index (χ2n) is 6.02. The Morgan fingerprint density at radius 2 is 1.90 bits per heavy atom. The summed E-state index contributed by atoms with van der Waals surface area (Å²) >= 11 is 0. The van der Waals surface area contributed by atoms with Crippen LogP contribution in [0, 0.1) is 5.82 Å². The van der Waals surface area contributed by atoms with Gasteiger partial charge in [0.1, 0.15) is 11.6 Å². The number of hydrogen-bond acceptors (Lipinski definition) is 4. The van der Waals surface area contributed by atoms with E-state index in [4.69, 9.17) is 4.74 Å². The van der Waals surface area contributed by atoms with Gasteiger partial charge in [-0.3, -0.25) is 0 Å². The molecule has 116 valence electrons. The summed E-state index contributed by atoms with van der Waals surface area (Å²) in [4.78, 5) is 0. The third-order valence-electron chi connectivity index (χ3n) is 4.77. The van der Waals surface area contributed by atoms with Crippen LogP contribution in [0.4, 0.5) is 4.39 Å². The number of benzene rings is 1. The Labute approximate surface area is 123 Å². The molecule has 1 aromatic carbocycles. The van der Waals surface area contributed by atoms with Crippen LogP contribution >= 0.6 is 0 Å². The molecule has 1 N–H and O–H groups in total. The van der Waals surface area contributed by atoms with Gasteiger partial charge in [0.2, 0.25) is 0 Å². The highest BCUT2D eigenvalue weighted by Crippen LogP contribution is 2.48. The molecule has 0 radical (unpaired) electrons. The van der Waals surface area contributed by atoms with Crippen LogP contribution in [0.2, 0.25) is 0 Å². The smallest absolute Gasteiger partial charge is 0.156 e. The maximum absolute atomic E-state index is 14.2. The second kappa shape index (κ2) is 4.95. The molecule has 0 aliphatic carbocycles. The molecule has 1 aromatic rings. The Morgan fingerprint density at radius 1 is 1.29 bits per heavy atom. The average Bonchev–Trinajstić information content (AvgIpc) is 2.40. The molecular weight excluding hydrogens is 295 g/mol. The Balaban J connectivity index is 2.08. The number of hydrogen-bond donors (Lipinski definition) is 1. The van der Waals surface area contributed by atoms with Gasteiger partial charge in [-0.1, -0.05) is 12.5 Å². The van der Waals surface area contributed by atoms with Gasteiger partial charge < -0.3 is 9.84 Å². The summed E-state index contributed by atoms with van der Waals surface area (Å²) < 4.78 is 44.1. The van der Waals surface area contributed by atoms with Crippen molar-refractivity contribution < 1.29 is 22.7 Å². The van der Waals surface area contributed by atoms with Crippen LogP contribution in [0.1, 0.15) is 37.7 Å². The van der Waals surface area contributed by atoms with Gasteiger partial charge in [0.15, 0.2) is 9.84 Å².